The highest BCUT2D eigenvalue weighted by molar-refractivity contribution is 7.99. The van der Waals surface area contributed by atoms with Gasteiger partial charge in [0.25, 0.3) is 0 Å². The van der Waals surface area contributed by atoms with Gasteiger partial charge < -0.3 is 10.1 Å². The molecule has 17 heavy (non-hydrogen) atoms. The molecule has 0 saturated heterocycles. The number of aromatic amines is 1. The van der Waals surface area contributed by atoms with Crippen LogP contribution in [0.3, 0.4) is 0 Å². The number of aliphatic hydroxyl groups is 1. The number of rotatable bonds is 2. The minimum absolute atomic E-state index is 0.171. The maximum Gasteiger partial charge on any atom is 0.166 e. The number of imidazole rings is 1. The molecule has 2 atom stereocenters. The van der Waals surface area contributed by atoms with Crippen molar-refractivity contribution in [2.75, 3.05) is 0 Å². The smallest absolute Gasteiger partial charge is 0.166 e. The number of benzene rings is 1. The van der Waals surface area contributed by atoms with E-state index in [1.807, 2.05) is 6.07 Å². The molecule has 0 bridgehead atoms. The van der Waals surface area contributed by atoms with Gasteiger partial charge in [0.05, 0.1) is 17.1 Å². The Balaban J connectivity index is 1.85. The highest BCUT2D eigenvalue weighted by Crippen LogP contribution is 2.34. The second kappa shape index (κ2) is 4.35. The number of hydrogen-bond acceptors (Lipinski definition) is 3. The summed E-state index contributed by atoms with van der Waals surface area (Å²) in [5.41, 5.74) is 3.32. The number of aromatic nitrogens is 2. The minimum Gasteiger partial charge on any atom is -0.392 e. The fourth-order valence-corrected chi connectivity index (χ4v) is 3.53. The van der Waals surface area contributed by atoms with Crippen molar-refractivity contribution in [1.82, 2.24) is 9.97 Å². The first kappa shape index (κ1) is 11.1. The fourth-order valence-electron chi connectivity index (χ4n) is 2.34. The molecule has 1 heterocycles. The third kappa shape index (κ3) is 2.19. The standard InChI is InChI=1S/C13H16N2OS/c1-8-5-6-9-10(7-8)15-13(14-9)17-12-4-2-3-11(12)16/h5-7,11-12,16H,2-4H2,1H3,(H,14,15)/t11-,12-/m0/s1. The lowest BCUT2D eigenvalue weighted by Gasteiger charge is -2.11. The molecule has 90 valence electrons. The van der Waals surface area contributed by atoms with Crippen LogP contribution in [0.2, 0.25) is 0 Å². The predicted octanol–water partition coefficient (Wildman–Crippen LogP) is 2.88. The Hall–Kier alpha value is -1.00. The van der Waals surface area contributed by atoms with E-state index in [2.05, 4.69) is 29.0 Å². The largest absolute Gasteiger partial charge is 0.392 e. The molecule has 2 N–H and O–H groups in total. The van der Waals surface area contributed by atoms with E-state index >= 15 is 0 Å². The summed E-state index contributed by atoms with van der Waals surface area (Å²) in [6, 6.07) is 6.22. The van der Waals surface area contributed by atoms with E-state index in [0.29, 0.717) is 5.25 Å². The monoisotopic (exact) mass is 248 g/mol. The second-order valence-electron chi connectivity index (χ2n) is 4.72. The topological polar surface area (TPSA) is 48.9 Å². The summed E-state index contributed by atoms with van der Waals surface area (Å²) in [6.45, 7) is 2.08. The zero-order valence-electron chi connectivity index (χ0n) is 9.81. The minimum atomic E-state index is -0.171. The van der Waals surface area contributed by atoms with Gasteiger partial charge in [-0.2, -0.15) is 0 Å². The van der Waals surface area contributed by atoms with Gasteiger partial charge in [-0.1, -0.05) is 17.8 Å². The van der Waals surface area contributed by atoms with Crippen molar-refractivity contribution in [3.8, 4) is 0 Å². The molecule has 3 nitrogen and oxygen atoms in total. The fraction of sp³-hybridized carbons (Fsp3) is 0.462. The first-order valence-electron chi connectivity index (χ1n) is 6.03. The molecule has 0 spiro atoms. The Kier molecular flexibility index (Phi) is 2.84. The van der Waals surface area contributed by atoms with Crippen molar-refractivity contribution in [3.05, 3.63) is 23.8 Å². The van der Waals surface area contributed by atoms with Gasteiger partial charge in [0, 0.05) is 5.25 Å². The van der Waals surface area contributed by atoms with E-state index in [9.17, 15) is 5.11 Å². The van der Waals surface area contributed by atoms with Gasteiger partial charge in [-0.25, -0.2) is 4.98 Å². The van der Waals surface area contributed by atoms with E-state index in [1.165, 1.54) is 5.56 Å². The average Bonchev–Trinajstić information content (AvgIpc) is 2.85. The molecule has 0 amide bonds. The number of fused-ring (bicyclic) bond motifs is 1. The van der Waals surface area contributed by atoms with Crippen LogP contribution in [0, 0.1) is 6.92 Å². The number of thioether (sulfide) groups is 1. The highest BCUT2D eigenvalue weighted by Gasteiger charge is 2.27. The lowest BCUT2D eigenvalue weighted by molar-refractivity contribution is 0.188. The number of nitrogens with zero attached hydrogens (tertiary/aromatic N) is 1. The molecule has 1 aliphatic rings. The maximum absolute atomic E-state index is 9.81. The summed E-state index contributed by atoms with van der Waals surface area (Å²) in [4.78, 5) is 7.87. The Labute approximate surface area is 105 Å². The van der Waals surface area contributed by atoms with Crippen molar-refractivity contribution >= 4 is 22.8 Å². The van der Waals surface area contributed by atoms with Crippen LogP contribution >= 0.6 is 11.8 Å². The molecular weight excluding hydrogens is 232 g/mol. The van der Waals surface area contributed by atoms with E-state index in [-0.39, 0.29) is 6.10 Å². The van der Waals surface area contributed by atoms with Gasteiger partial charge in [-0.15, -0.1) is 0 Å². The lowest BCUT2D eigenvalue weighted by atomic mass is 10.2. The number of H-pyrrole nitrogens is 1. The molecule has 1 saturated carbocycles. The molecule has 4 heteroatoms. The van der Waals surface area contributed by atoms with Crippen LogP contribution in [0.5, 0.6) is 0 Å². The molecule has 0 radical (unpaired) electrons. The summed E-state index contributed by atoms with van der Waals surface area (Å²) in [5, 5.41) is 11.0. The van der Waals surface area contributed by atoms with Gasteiger partial charge >= 0.3 is 0 Å². The molecule has 0 unspecified atom stereocenters. The molecule has 1 fully saturated rings. The van der Waals surface area contributed by atoms with Crippen molar-refractivity contribution in [3.63, 3.8) is 0 Å². The molecule has 1 aromatic heterocycles. The van der Waals surface area contributed by atoms with Crippen molar-refractivity contribution in [1.29, 1.82) is 0 Å². The van der Waals surface area contributed by atoms with Crippen LogP contribution < -0.4 is 0 Å². The van der Waals surface area contributed by atoms with Gasteiger partial charge in [0.1, 0.15) is 0 Å². The Morgan fingerprint density at radius 1 is 1.41 bits per heavy atom. The van der Waals surface area contributed by atoms with Gasteiger partial charge in [0.15, 0.2) is 5.16 Å². The molecule has 0 aliphatic heterocycles. The van der Waals surface area contributed by atoms with Crippen LogP contribution in [0.1, 0.15) is 24.8 Å². The van der Waals surface area contributed by atoms with Crippen molar-refractivity contribution < 1.29 is 5.11 Å². The number of aryl methyl sites for hydroxylation is 1. The van der Waals surface area contributed by atoms with Crippen molar-refractivity contribution in [2.24, 2.45) is 0 Å². The van der Waals surface area contributed by atoms with Crippen LogP contribution in [-0.4, -0.2) is 26.4 Å². The molecule has 2 aromatic rings. The second-order valence-corrected chi connectivity index (χ2v) is 5.95. The molecular formula is C13H16N2OS. The summed E-state index contributed by atoms with van der Waals surface area (Å²) in [5.74, 6) is 0. The summed E-state index contributed by atoms with van der Waals surface area (Å²) < 4.78 is 0. The Morgan fingerprint density at radius 2 is 2.29 bits per heavy atom. The zero-order valence-corrected chi connectivity index (χ0v) is 10.6. The summed E-state index contributed by atoms with van der Waals surface area (Å²) in [6.07, 6.45) is 2.96. The Bertz CT molecular complexity index is 537. The van der Waals surface area contributed by atoms with Crippen LogP contribution in [-0.2, 0) is 0 Å². The lowest BCUT2D eigenvalue weighted by Crippen LogP contribution is -2.15. The van der Waals surface area contributed by atoms with Crippen LogP contribution in [0.15, 0.2) is 23.4 Å². The van der Waals surface area contributed by atoms with E-state index in [1.54, 1.807) is 11.8 Å². The van der Waals surface area contributed by atoms with E-state index in [4.69, 9.17) is 0 Å². The van der Waals surface area contributed by atoms with Gasteiger partial charge in [-0.3, -0.25) is 0 Å². The molecule has 1 aliphatic carbocycles. The first-order valence-corrected chi connectivity index (χ1v) is 6.91. The molecule has 1 aromatic carbocycles. The summed E-state index contributed by atoms with van der Waals surface area (Å²) in [7, 11) is 0. The quantitative estimate of drug-likeness (QED) is 0.859. The third-order valence-corrected chi connectivity index (χ3v) is 4.57. The SMILES string of the molecule is Cc1ccc2nc(S[C@H]3CCC[C@@H]3O)[nH]c2c1. The van der Waals surface area contributed by atoms with Crippen LogP contribution in [0.4, 0.5) is 0 Å². The first-order chi connectivity index (χ1) is 8.22. The number of aliphatic hydroxyl groups excluding tert-OH is 1. The van der Waals surface area contributed by atoms with Crippen LogP contribution in [0.25, 0.3) is 11.0 Å². The zero-order chi connectivity index (χ0) is 11.8. The predicted molar refractivity (Wildman–Crippen MR) is 70.3 cm³/mol. The number of hydrogen-bond donors (Lipinski definition) is 2. The maximum atomic E-state index is 9.81. The third-order valence-electron chi connectivity index (χ3n) is 3.30. The summed E-state index contributed by atoms with van der Waals surface area (Å²) >= 11 is 1.67. The van der Waals surface area contributed by atoms with E-state index < -0.39 is 0 Å². The van der Waals surface area contributed by atoms with E-state index in [0.717, 1.165) is 35.5 Å². The normalized spacial score (nSPS) is 24.6. The average molecular weight is 248 g/mol. The Morgan fingerprint density at radius 3 is 3.06 bits per heavy atom. The van der Waals surface area contributed by atoms with Gasteiger partial charge in [0.2, 0.25) is 0 Å². The number of nitrogens with one attached hydrogen (secondary N) is 1. The highest BCUT2D eigenvalue weighted by atomic mass is 32.2. The van der Waals surface area contributed by atoms with Crippen molar-refractivity contribution in [2.45, 2.75) is 42.7 Å². The van der Waals surface area contributed by atoms with Gasteiger partial charge in [-0.05, 0) is 43.9 Å². The molecule has 3 rings (SSSR count).